The van der Waals surface area contributed by atoms with E-state index >= 15 is 0 Å². The molecule has 0 bridgehead atoms. The van der Waals surface area contributed by atoms with Crippen LogP contribution >= 0.6 is 0 Å². The average Bonchev–Trinajstić information content (AvgIpc) is 3.09. The van der Waals surface area contributed by atoms with E-state index in [0.717, 1.165) is 24.6 Å². The first-order valence-corrected chi connectivity index (χ1v) is 5.58. The maximum atomic E-state index is 8.64. The summed E-state index contributed by atoms with van der Waals surface area (Å²) in [7, 11) is 0. The van der Waals surface area contributed by atoms with Crippen LogP contribution in [0.5, 0.6) is 0 Å². The molecule has 0 amide bonds. The van der Waals surface area contributed by atoms with Gasteiger partial charge >= 0.3 is 0 Å². The third-order valence-corrected chi connectivity index (χ3v) is 2.84. The van der Waals surface area contributed by atoms with Gasteiger partial charge in [0.2, 0.25) is 0 Å². The highest BCUT2D eigenvalue weighted by atomic mass is 14.8. The topological polar surface area (TPSA) is 35.8 Å². The molecule has 1 aliphatic rings. The van der Waals surface area contributed by atoms with Crippen molar-refractivity contribution < 1.29 is 0 Å². The number of benzene rings is 1. The first-order valence-electron chi connectivity index (χ1n) is 5.58. The van der Waals surface area contributed by atoms with Crippen molar-refractivity contribution in [2.24, 2.45) is 5.92 Å². The summed E-state index contributed by atoms with van der Waals surface area (Å²) in [6.07, 6.45) is 4.17. The summed E-state index contributed by atoms with van der Waals surface area (Å²) < 4.78 is 0. The summed E-state index contributed by atoms with van der Waals surface area (Å²) in [4.78, 5) is 0. The van der Waals surface area contributed by atoms with Gasteiger partial charge in [0, 0.05) is 6.54 Å². The summed E-state index contributed by atoms with van der Waals surface area (Å²) in [6.45, 7) is 2.03. The average molecular weight is 200 g/mol. The molecule has 0 aliphatic heterocycles. The molecule has 2 heteroatoms. The zero-order valence-electron chi connectivity index (χ0n) is 8.87. The van der Waals surface area contributed by atoms with Crippen molar-refractivity contribution in [3.63, 3.8) is 0 Å². The van der Waals surface area contributed by atoms with Crippen LogP contribution in [0.3, 0.4) is 0 Å². The Bertz CT molecular complexity index is 344. The minimum Gasteiger partial charge on any atom is -0.313 e. The minimum absolute atomic E-state index is 0.733. The Morgan fingerprint density at radius 1 is 1.27 bits per heavy atom. The predicted molar refractivity (Wildman–Crippen MR) is 60.2 cm³/mol. The van der Waals surface area contributed by atoms with Crippen molar-refractivity contribution in [1.82, 2.24) is 5.32 Å². The quantitative estimate of drug-likeness (QED) is 0.741. The molecule has 1 aromatic carbocycles. The van der Waals surface area contributed by atoms with Crippen molar-refractivity contribution in [3.8, 4) is 6.07 Å². The molecule has 15 heavy (non-hydrogen) atoms. The summed E-state index contributed by atoms with van der Waals surface area (Å²) in [5.41, 5.74) is 1.99. The van der Waals surface area contributed by atoms with Crippen LogP contribution in [0, 0.1) is 17.2 Å². The van der Waals surface area contributed by atoms with E-state index in [4.69, 9.17) is 5.26 Å². The molecule has 1 saturated carbocycles. The molecule has 1 fully saturated rings. The van der Waals surface area contributed by atoms with Gasteiger partial charge in [-0.2, -0.15) is 5.26 Å². The molecule has 2 rings (SSSR count). The second-order valence-corrected chi connectivity index (χ2v) is 4.22. The fourth-order valence-electron chi connectivity index (χ4n) is 1.64. The predicted octanol–water partition coefficient (Wildman–Crippen LogP) is 2.45. The van der Waals surface area contributed by atoms with E-state index in [2.05, 4.69) is 11.4 Å². The minimum atomic E-state index is 0.733. The first-order chi connectivity index (χ1) is 7.38. The van der Waals surface area contributed by atoms with Crippen LogP contribution < -0.4 is 5.32 Å². The number of hydrogen-bond acceptors (Lipinski definition) is 2. The number of nitriles is 1. The van der Waals surface area contributed by atoms with Gasteiger partial charge in [0.15, 0.2) is 0 Å². The van der Waals surface area contributed by atoms with Crippen molar-refractivity contribution in [2.45, 2.75) is 25.8 Å². The first kappa shape index (κ1) is 10.2. The molecule has 0 aromatic heterocycles. The highest BCUT2D eigenvalue weighted by molar-refractivity contribution is 5.31. The number of hydrogen-bond donors (Lipinski definition) is 1. The van der Waals surface area contributed by atoms with E-state index < -0.39 is 0 Å². The number of nitrogens with zero attached hydrogens (tertiary/aromatic N) is 1. The molecule has 0 spiro atoms. The molecule has 78 valence electrons. The van der Waals surface area contributed by atoms with E-state index in [1.165, 1.54) is 24.8 Å². The normalized spacial score (nSPS) is 14.9. The fraction of sp³-hybridized carbons (Fsp3) is 0.462. The second kappa shape index (κ2) is 4.95. The van der Waals surface area contributed by atoms with Gasteiger partial charge in [0.1, 0.15) is 0 Å². The van der Waals surface area contributed by atoms with Gasteiger partial charge in [0.25, 0.3) is 0 Å². The zero-order valence-corrected chi connectivity index (χ0v) is 8.87. The van der Waals surface area contributed by atoms with E-state index in [0.29, 0.717) is 0 Å². The maximum absolute atomic E-state index is 8.64. The lowest BCUT2D eigenvalue weighted by molar-refractivity contribution is 0.613. The maximum Gasteiger partial charge on any atom is 0.0991 e. The molecular formula is C13H16N2. The highest BCUT2D eigenvalue weighted by Gasteiger charge is 2.19. The monoisotopic (exact) mass is 200 g/mol. The van der Waals surface area contributed by atoms with Gasteiger partial charge in [-0.05, 0) is 36.6 Å². The summed E-state index contributed by atoms with van der Waals surface area (Å²) >= 11 is 0. The van der Waals surface area contributed by atoms with Crippen LogP contribution in [0.25, 0.3) is 0 Å². The molecule has 1 N–H and O–H groups in total. The van der Waals surface area contributed by atoms with E-state index in [1.807, 2.05) is 24.3 Å². The van der Waals surface area contributed by atoms with Crippen LogP contribution in [0.4, 0.5) is 0 Å². The Morgan fingerprint density at radius 2 is 2.00 bits per heavy atom. The van der Waals surface area contributed by atoms with Gasteiger partial charge in [-0.1, -0.05) is 25.0 Å². The lowest BCUT2D eigenvalue weighted by atomic mass is 10.1. The van der Waals surface area contributed by atoms with Gasteiger partial charge in [-0.15, -0.1) is 0 Å². The summed E-state index contributed by atoms with van der Waals surface area (Å²) in [5, 5.41) is 12.1. The molecule has 0 radical (unpaired) electrons. The van der Waals surface area contributed by atoms with E-state index in [-0.39, 0.29) is 0 Å². The Balaban J connectivity index is 1.70. The van der Waals surface area contributed by atoms with Crippen molar-refractivity contribution >= 4 is 0 Å². The molecule has 1 aromatic rings. The zero-order chi connectivity index (χ0) is 10.5. The third-order valence-electron chi connectivity index (χ3n) is 2.84. The number of nitrogens with one attached hydrogen (secondary N) is 1. The van der Waals surface area contributed by atoms with Crippen LogP contribution in [0.1, 0.15) is 30.4 Å². The SMILES string of the molecule is N#Cc1ccc(CNCCC2CC2)cc1. The van der Waals surface area contributed by atoms with Crippen LogP contribution in [0.2, 0.25) is 0 Å². The smallest absolute Gasteiger partial charge is 0.0991 e. The lowest BCUT2D eigenvalue weighted by Crippen LogP contribution is -2.15. The Hall–Kier alpha value is -1.33. The third kappa shape index (κ3) is 3.38. The highest BCUT2D eigenvalue weighted by Crippen LogP contribution is 2.31. The summed E-state index contributed by atoms with van der Waals surface area (Å²) in [6, 6.07) is 9.90. The number of rotatable bonds is 5. The molecule has 0 unspecified atom stereocenters. The molecular weight excluding hydrogens is 184 g/mol. The largest absolute Gasteiger partial charge is 0.313 e. The van der Waals surface area contributed by atoms with Crippen LogP contribution in [-0.2, 0) is 6.54 Å². The molecule has 0 saturated heterocycles. The summed E-state index contributed by atoms with van der Waals surface area (Å²) in [5.74, 6) is 0.999. The van der Waals surface area contributed by atoms with Gasteiger partial charge < -0.3 is 5.32 Å². The van der Waals surface area contributed by atoms with Gasteiger partial charge in [-0.3, -0.25) is 0 Å². The lowest BCUT2D eigenvalue weighted by Gasteiger charge is -2.03. The van der Waals surface area contributed by atoms with Crippen molar-refractivity contribution in [1.29, 1.82) is 5.26 Å². The molecule has 2 nitrogen and oxygen atoms in total. The van der Waals surface area contributed by atoms with E-state index in [1.54, 1.807) is 0 Å². The molecule has 0 heterocycles. The van der Waals surface area contributed by atoms with Crippen molar-refractivity contribution in [3.05, 3.63) is 35.4 Å². The Kier molecular flexibility index (Phi) is 3.37. The van der Waals surface area contributed by atoms with Gasteiger partial charge in [-0.25, -0.2) is 0 Å². The Morgan fingerprint density at radius 3 is 2.60 bits per heavy atom. The van der Waals surface area contributed by atoms with Crippen LogP contribution in [0.15, 0.2) is 24.3 Å². The molecule has 1 aliphatic carbocycles. The standard InChI is InChI=1S/C13H16N2/c14-9-12-3-5-13(6-4-12)10-15-8-7-11-1-2-11/h3-6,11,15H,1-2,7-8,10H2. The van der Waals surface area contributed by atoms with E-state index in [9.17, 15) is 0 Å². The van der Waals surface area contributed by atoms with Crippen molar-refractivity contribution in [2.75, 3.05) is 6.54 Å². The van der Waals surface area contributed by atoms with Crippen LogP contribution in [-0.4, -0.2) is 6.54 Å². The molecule has 0 atom stereocenters. The van der Waals surface area contributed by atoms with Gasteiger partial charge in [0.05, 0.1) is 11.6 Å². The Labute approximate surface area is 90.9 Å². The second-order valence-electron chi connectivity index (χ2n) is 4.22. The fourth-order valence-corrected chi connectivity index (χ4v) is 1.64.